The molecule has 0 saturated carbocycles. The molecule has 3 rings (SSSR count). The number of hydrogen-bond donors (Lipinski definition) is 1. The first-order chi connectivity index (χ1) is 13.4. The van der Waals surface area contributed by atoms with E-state index in [-0.39, 0.29) is 17.9 Å². The smallest absolute Gasteiger partial charge is 0.303 e. The van der Waals surface area contributed by atoms with E-state index >= 15 is 0 Å². The van der Waals surface area contributed by atoms with Gasteiger partial charge in [-0.25, -0.2) is 0 Å². The van der Waals surface area contributed by atoms with Gasteiger partial charge >= 0.3 is 5.97 Å². The third kappa shape index (κ3) is 4.93. The van der Waals surface area contributed by atoms with Crippen LogP contribution in [-0.2, 0) is 16.0 Å². The lowest BCUT2D eigenvalue weighted by atomic mass is 9.75. The van der Waals surface area contributed by atoms with E-state index in [0.29, 0.717) is 18.2 Å². The lowest BCUT2D eigenvalue weighted by molar-refractivity contribution is -0.139. The van der Waals surface area contributed by atoms with Crippen LogP contribution in [0, 0.1) is 11.3 Å². The second kappa shape index (κ2) is 9.08. The topological polar surface area (TPSA) is 60.9 Å². The Morgan fingerprint density at radius 3 is 2.50 bits per heavy atom. The Bertz CT molecular complexity index is 666. The van der Waals surface area contributed by atoms with E-state index < -0.39 is 5.97 Å². The van der Waals surface area contributed by atoms with Crippen molar-refractivity contribution in [2.45, 2.75) is 58.4 Å². The molecule has 2 aliphatic rings. The van der Waals surface area contributed by atoms with Crippen LogP contribution in [0.2, 0.25) is 0 Å². The van der Waals surface area contributed by atoms with E-state index in [2.05, 4.69) is 47.9 Å². The molecule has 2 heterocycles. The number of carbonyl (C=O) groups is 2. The van der Waals surface area contributed by atoms with Crippen LogP contribution in [0.15, 0.2) is 30.3 Å². The number of carbonyl (C=O) groups excluding carboxylic acids is 1. The van der Waals surface area contributed by atoms with Crippen molar-refractivity contribution >= 4 is 11.9 Å². The van der Waals surface area contributed by atoms with Crippen LogP contribution in [0.5, 0.6) is 0 Å². The normalized spacial score (nSPS) is 22.3. The van der Waals surface area contributed by atoms with Crippen LogP contribution in [-0.4, -0.2) is 59.0 Å². The Kier molecular flexibility index (Phi) is 6.76. The number of rotatable bonds is 8. The first-order valence-corrected chi connectivity index (χ1v) is 10.7. The van der Waals surface area contributed by atoms with Crippen molar-refractivity contribution in [3.63, 3.8) is 0 Å². The summed E-state index contributed by atoms with van der Waals surface area (Å²) in [4.78, 5) is 28.7. The van der Waals surface area contributed by atoms with Gasteiger partial charge in [-0.1, -0.05) is 44.2 Å². The number of likely N-dealkylation sites (tertiary alicyclic amines) is 2. The molecule has 1 aromatic carbocycles. The van der Waals surface area contributed by atoms with Crippen molar-refractivity contribution in [2.75, 3.05) is 26.2 Å². The maximum atomic E-state index is 13.5. The van der Waals surface area contributed by atoms with Crippen molar-refractivity contribution in [2.24, 2.45) is 11.3 Å². The summed E-state index contributed by atoms with van der Waals surface area (Å²) < 4.78 is 0. The highest BCUT2D eigenvalue weighted by Gasteiger charge is 2.52. The number of benzene rings is 1. The van der Waals surface area contributed by atoms with Crippen LogP contribution in [0.3, 0.4) is 0 Å². The Balaban J connectivity index is 1.65. The molecule has 1 aromatic rings. The van der Waals surface area contributed by atoms with Gasteiger partial charge in [-0.2, -0.15) is 0 Å². The van der Waals surface area contributed by atoms with Crippen molar-refractivity contribution in [1.82, 2.24) is 9.80 Å². The Hall–Kier alpha value is -1.88. The molecule has 2 saturated heterocycles. The van der Waals surface area contributed by atoms with Gasteiger partial charge in [0.05, 0.1) is 5.41 Å². The SMILES string of the molecule is CC(C)CN1C(=O)C2(CCN(CCCC(=O)O)CC2)C[C@@H]1Cc1ccccc1. The second-order valence-corrected chi connectivity index (χ2v) is 9.02. The van der Waals surface area contributed by atoms with Crippen LogP contribution in [0.4, 0.5) is 0 Å². The van der Waals surface area contributed by atoms with E-state index in [0.717, 1.165) is 51.9 Å². The number of amides is 1. The number of hydrogen-bond acceptors (Lipinski definition) is 3. The zero-order valence-corrected chi connectivity index (χ0v) is 17.3. The predicted octanol–water partition coefficient (Wildman–Crippen LogP) is 3.43. The van der Waals surface area contributed by atoms with Crippen LogP contribution in [0.25, 0.3) is 0 Å². The van der Waals surface area contributed by atoms with Gasteiger partial charge in [0, 0.05) is 19.0 Å². The number of carboxylic acid groups (broad SMARTS) is 1. The molecule has 1 atom stereocenters. The quantitative estimate of drug-likeness (QED) is 0.744. The summed E-state index contributed by atoms with van der Waals surface area (Å²) in [6, 6.07) is 10.8. The first-order valence-electron chi connectivity index (χ1n) is 10.7. The molecular weight excluding hydrogens is 352 g/mol. The van der Waals surface area contributed by atoms with Gasteiger partial charge < -0.3 is 14.9 Å². The third-order valence-corrected chi connectivity index (χ3v) is 6.34. The molecule has 1 amide bonds. The minimum atomic E-state index is -0.729. The molecule has 0 aliphatic carbocycles. The third-order valence-electron chi connectivity index (χ3n) is 6.34. The molecule has 28 heavy (non-hydrogen) atoms. The van der Waals surface area contributed by atoms with E-state index in [1.165, 1.54) is 5.56 Å². The molecule has 5 nitrogen and oxygen atoms in total. The van der Waals surface area contributed by atoms with Gasteiger partial charge in [-0.3, -0.25) is 9.59 Å². The van der Waals surface area contributed by atoms with Crippen LogP contribution >= 0.6 is 0 Å². The molecule has 1 N–H and O–H groups in total. The molecule has 0 radical (unpaired) electrons. The fraction of sp³-hybridized carbons (Fsp3) is 0.652. The van der Waals surface area contributed by atoms with Gasteiger partial charge in [0.1, 0.15) is 0 Å². The van der Waals surface area contributed by atoms with Crippen LogP contribution < -0.4 is 0 Å². The summed E-state index contributed by atoms with van der Waals surface area (Å²) >= 11 is 0. The van der Waals surface area contributed by atoms with E-state index in [4.69, 9.17) is 5.11 Å². The maximum absolute atomic E-state index is 13.5. The maximum Gasteiger partial charge on any atom is 0.303 e. The minimum absolute atomic E-state index is 0.211. The monoisotopic (exact) mass is 386 g/mol. The van der Waals surface area contributed by atoms with Gasteiger partial charge in [0.2, 0.25) is 5.91 Å². The van der Waals surface area contributed by atoms with Crippen molar-refractivity contribution in [3.05, 3.63) is 35.9 Å². The first kappa shape index (κ1) is 20.8. The van der Waals surface area contributed by atoms with E-state index in [1.807, 2.05) is 6.07 Å². The lowest BCUT2D eigenvalue weighted by Gasteiger charge is -2.38. The fourth-order valence-electron chi connectivity index (χ4n) is 4.89. The largest absolute Gasteiger partial charge is 0.481 e. The zero-order valence-electron chi connectivity index (χ0n) is 17.3. The highest BCUT2D eigenvalue weighted by atomic mass is 16.4. The van der Waals surface area contributed by atoms with Crippen molar-refractivity contribution < 1.29 is 14.7 Å². The van der Waals surface area contributed by atoms with Crippen LogP contribution in [0.1, 0.15) is 51.5 Å². The van der Waals surface area contributed by atoms with E-state index in [1.54, 1.807) is 0 Å². The number of nitrogens with zero attached hydrogens (tertiary/aromatic N) is 2. The second-order valence-electron chi connectivity index (χ2n) is 9.02. The number of aliphatic carboxylic acids is 1. The minimum Gasteiger partial charge on any atom is -0.481 e. The summed E-state index contributed by atoms with van der Waals surface area (Å²) in [5.74, 6) is 0.0910. The summed E-state index contributed by atoms with van der Waals surface area (Å²) in [5.41, 5.74) is 1.09. The fourth-order valence-corrected chi connectivity index (χ4v) is 4.89. The molecule has 2 aliphatic heterocycles. The summed E-state index contributed by atoms with van der Waals surface area (Å²) in [7, 11) is 0. The molecule has 1 spiro atoms. The Morgan fingerprint density at radius 2 is 1.89 bits per heavy atom. The van der Waals surface area contributed by atoms with Crippen molar-refractivity contribution in [3.8, 4) is 0 Å². The van der Waals surface area contributed by atoms with E-state index in [9.17, 15) is 9.59 Å². The molecule has 0 aromatic heterocycles. The lowest BCUT2D eigenvalue weighted by Crippen LogP contribution is -2.45. The standard InChI is InChI=1S/C23H34N2O3/c1-18(2)17-25-20(15-19-7-4-3-5-8-19)16-23(22(25)28)10-13-24(14-11-23)12-6-9-21(26)27/h3-5,7-8,18,20H,6,9-17H2,1-2H3,(H,26,27)/t20-/m0/s1. The highest BCUT2D eigenvalue weighted by Crippen LogP contribution is 2.45. The molecule has 154 valence electrons. The summed E-state index contributed by atoms with van der Waals surface area (Å²) in [6.07, 6.45) is 4.60. The van der Waals surface area contributed by atoms with Gasteiger partial charge in [0.25, 0.3) is 0 Å². The molecular formula is C23H34N2O3. The summed E-state index contributed by atoms with van der Waals surface area (Å²) in [5, 5.41) is 8.83. The predicted molar refractivity (Wildman–Crippen MR) is 110 cm³/mol. The number of carboxylic acids is 1. The molecule has 2 fully saturated rings. The molecule has 5 heteroatoms. The molecule has 0 unspecified atom stereocenters. The highest BCUT2D eigenvalue weighted by molar-refractivity contribution is 5.85. The average Bonchev–Trinajstić information content (AvgIpc) is 2.89. The zero-order chi connectivity index (χ0) is 20.1. The van der Waals surface area contributed by atoms with Crippen molar-refractivity contribution in [1.29, 1.82) is 0 Å². The van der Waals surface area contributed by atoms with Gasteiger partial charge in [-0.05, 0) is 63.2 Å². The number of piperidine rings is 1. The summed E-state index contributed by atoms with van der Waals surface area (Å²) in [6.45, 7) is 7.82. The van der Waals surface area contributed by atoms with Gasteiger partial charge in [-0.15, -0.1) is 0 Å². The Morgan fingerprint density at radius 1 is 1.21 bits per heavy atom. The van der Waals surface area contributed by atoms with Gasteiger partial charge in [0.15, 0.2) is 0 Å². The Labute approximate surface area is 168 Å². The average molecular weight is 387 g/mol. The molecule has 0 bridgehead atoms.